The van der Waals surface area contributed by atoms with Crippen molar-refractivity contribution in [3.05, 3.63) is 82.4 Å². The quantitative estimate of drug-likeness (QED) is 0.330. The number of halogens is 1. The van der Waals surface area contributed by atoms with Crippen LogP contribution >= 0.6 is 22.9 Å². The maximum Gasteiger partial charge on any atom is 0.241 e. The summed E-state index contributed by atoms with van der Waals surface area (Å²) in [6, 6.07) is 19.4. The van der Waals surface area contributed by atoms with Gasteiger partial charge in [0, 0.05) is 42.3 Å². The first-order chi connectivity index (χ1) is 17.6. The van der Waals surface area contributed by atoms with E-state index in [1.165, 1.54) is 11.3 Å². The van der Waals surface area contributed by atoms with Crippen LogP contribution in [0.1, 0.15) is 22.6 Å². The number of carbonyl (C=O) groups excluding carboxylic acids is 1. The summed E-state index contributed by atoms with van der Waals surface area (Å²) in [6.07, 6.45) is 0. The van der Waals surface area contributed by atoms with Gasteiger partial charge in [0.25, 0.3) is 0 Å². The number of morpholine rings is 1. The first-order valence-electron chi connectivity index (χ1n) is 12.1. The van der Waals surface area contributed by atoms with Gasteiger partial charge in [0.15, 0.2) is 5.13 Å². The summed E-state index contributed by atoms with van der Waals surface area (Å²) in [4.78, 5) is 23.6. The highest BCUT2D eigenvalue weighted by atomic mass is 35.5. The van der Waals surface area contributed by atoms with Crippen molar-refractivity contribution in [2.24, 2.45) is 0 Å². The van der Waals surface area contributed by atoms with Crippen molar-refractivity contribution >= 4 is 44.2 Å². The van der Waals surface area contributed by atoms with Gasteiger partial charge in [0.2, 0.25) is 5.91 Å². The molecular formula is C28H26ClN3O3S. The normalized spacial score (nSPS) is 15.8. The number of hydrogen-bond donors (Lipinski definition) is 0. The lowest BCUT2D eigenvalue weighted by Gasteiger charge is -2.33. The van der Waals surface area contributed by atoms with Crippen LogP contribution in [-0.2, 0) is 9.53 Å². The largest absolute Gasteiger partial charge is 0.457 e. The van der Waals surface area contributed by atoms with Crippen LogP contribution in [0.4, 0.5) is 5.13 Å². The fourth-order valence-electron chi connectivity index (χ4n) is 4.96. The van der Waals surface area contributed by atoms with E-state index in [4.69, 9.17) is 26.1 Å². The van der Waals surface area contributed by atoms with Crippen LogP contribution in [0.15, 0.2) is 60.7 Å². The van der Waals surface area contributed by atoms with E-state index < -0.39 is 5.92 Å². The molecule has 0 radical (unpaired) electrons. The zero-order chi connectivity index (χ0) is 24.6. The highest BCUT2D eigenvalue weighted by Gasteiger charge is 2.36. The highest BCUT2D eigenvalue weighted by Crippen LogP contribution is 2.45. The van der Waals surface area contributed by atoms with Crippen molar-refractivity contribution in [3.8, 4) is 11.5 Å². The number of thiazole rings is 1. The molecule has 3 heterocycles. The maximum atomic E-state index is 14.5. The minimum atomic E-state index is -0.479. The molecular weight excluding hydrogens is 494 g/mol. The van der Waals surface area contributed by atoms with Crippen molar-refractivity contribution in [3.63, 3.8) is 0 Å². The Labute approximate surface area is 219 Å². The maximum absolute atomic E-state index is 14.5. The van der Waals surface area contributed by atoms with Gasteiger partial charge in [-0.3, -0.25) is 14.6 Å². The lowest BCUT2D eigenvalue weighted by Crippen LogP contribution is -2.44. The van der Waals surface area contributed by atoms with Gasteiger partial charge in [-0.1, -0.05) is 59.3 Å². The summed E-state index contributed by atoms with van der Waals surface area (Å²) in [7, 11) is 0. The molecule has 184 valence electrons. The summed E-state index contributed by atoms with van der Waals surface area (Å²) in [5.74, 6) is 0.950. The third kappa shape index (κ3) is 4.37. The Hall–Kier alpha value is -2.97. The lowest BCUT2D eigenvalue weighted by atomic mass is 9.87. The van der Waals surface area contributed by atoms with Crippen molar-refractivity contribution in [1.82, 2.24) is 9.88 Å². The van der Waals surface area contributed by atoms with Crippen LogP contribution in [0, 0.1) is 6.92 Å². The molecule has 0 N–H and O–H groups in total. The van der Waals surface area contributed by atoms with Crippen LogP contribution in [0.2, 0.25) is 5.02 Å². The average molecular weight is 520 g/mol. The minimum absolute atomic E-state index is 0.00531. The number of aryl methyl sites for hydroxylation is 1. The van der Waals surface area contributed by atoms with E-state index >= 15 is 0 Å². The summed E-state index contributed by atoms with van der Waals surface area (Å²) >= 11 is 7.85. The standard InChI is InChI=1S/C28H26ClN3O3S/c1-18-16-19(29)17-24-26(18)30-28(36-24)32(11-10-31-12-14-34-15-13-31)27(33)25-20-6-2-4-8-22(20)35-23-9-5-3-7-21(23)25/h2-9,16-17,25H,10-15H2,1H3. The Morgan fingerprint density at radius 2 is 1.75 bits per heavy atom. The third-order valence-corrected chi connectivity index (χ3v) is 8.05. The zero-order valence-electron chi connectivity index (χ0n) is 19.9. The number of rotatable bonds is 5. The molecule has 0 bridgehead atoms. The van der Waals surface area contributed by atoms with Crippen LogP contribution in [-0.4, -0.2) is 55.2 Å². The van der Waals surface area contributed by atoms with Crippen molar-refractivity contribution in [1.29, 1.82) is 0 Å². The Morgan fingerprint density at radius 1 is 1.08 bits per heavy atom. The van der Waals surface area contributed by atoms with E-state index in [1.807, 2.05) is 72.5 Å². The molecule has 2 aliphatic rings. The topological polar surface area (TPSA) is 54.9 Å². The smallest absolute Gasteiger partial charge is 0.241 e. The van der Waals surface area contributed by atoms with Crippen LogP contribution in [0.3, 0.4) is 0 Å². The molecule has 6 rings (SSSR count). The molecule has 8 heteroatoms. The van der Waals surface area contributed by atoms with E-state index in [2.05, 4.69) is 4.90 Å². The molecule has 4 aromatic rings. The Balaban J connectivity index is 1.42. The van der Waals surface area contributed by atoms with Gasteiger partial charge in [0.05, 0.1) is 29.3 Å². The SMILES string of the molecule is Cc1cc(Cl)cc2sc(N(CCN3CCOCC3)C(=O)C3c4ccccc4Oc4ccccc43)nc12. The second-order valence-corrected chi connectivity index (χ2v) is 10.6. The van der Waals surface area contributed by atoms with Crippen LogP contribution in [0.5, 0.6) is 11.5 Å². The molecule has 0 spiro atoms. The number of para-hydroxylation sites is 2. The number of aromatic nitrogens is 1. The minimum Gasteiger partial charge on any atom is -0.457 e. The monoisotopic (exact) mass is 519 g/mol. The van der Waals surface area contributed by atoms with Gasteiger partial charge in [-0.15, -0.1) is 0 Å². The zero-order valence-corrected chi connectivity index (χ0v) is 21.5. The predicted molar refractivity (Wildman–Crippen MR) is 144 cm³/mol. The molecule has 3 aromatic carbocycles. The molecule has 0 aliphatic carbocycles. The second-order valence-electron chi connectivity index (χ2n) is 9.12. The number of hydrogen-bond acceptors (Lipinski definition) is 6. The molecule has 1 fully saturated rings. The number of anilines is 1. The number of ether oxygens (including phenoxy) is 2. The molecule has 0 saturated carbocycles. The number of fused-ring (bicyclic) bond motifs is 3. The molecule has 6 nitrogen and oxygen atoms in total. The number of carbonyl (C=O) groups is 1. The lowest BCUT2D eigenvalue weighted by molar-refractivity contribution is -0.119. The van der Waals surface area contributed by atoms with E-state index in [9.17, 15) is 4.79 Å². The van der Waals surface area contributed by atoms with Gasteiger partial charge in [-0.05, 0) is 36.8 Å². The molecule has 1 amide bonds. The summed E-state index contributed by atoms with van der Waals surface area (Å²) in [5, 5.41) is 1.36. The van der Waals surface area contributed by atoms with E-state index in [0.29, 0.717) is 29.9 Å². The number of nitrogens with zero attached hydrogens (tertiary/aromatic N) is 3. The first kappa shape index (κ1) is 23.4. The van der Waals surface area contributed by atoms with Gasteiger partial charge in [-0.2, -0.15) is 0 Å². The molecule has 36 heavy (non-hydrogen) atoms. The molecule has 0 atom stereocenters. The predicted octanol–water partition coefficient (Wildman–Crippen LogP) is 5.86. The molecule has 1 saturated heterocycles. The third-order valence-electron chi connectivity index (χ3n) is 6.81. The highest BCUT2D eigenvalue weighted by molar-refractivity contribution is 7.22. The van der Waals surface area contributed by atoms with Crippen molar-refractivity contribution in [2.75, 3.05) is 44.3 Å². The first-order valence-corrected chi connectivity index (χ1v) is 13.3. The van der Waals surface area contributed by atoms with Crippen LogP contribution in [0.25, 0.3) is 10.2 Å². The van der Waals surface area contributed by atoms with Gasteiger partial charge >= 0.3 is 0 Å². The summed E-state index contributed by atoms with van der Waals surface area (Å²) < 4.78 is 12.7. The van der Waals surface area contributed by atoms with Gasteiger partial charge < -0.3 is 9.47 Å². The van der Waals surface area contributed by atoms with Gasteiger partial charge in [0.1, 0.15) is 11.5 Å². The van der Waals surface area contributed by atoms with Crippen molar-refractivity contribution in [2.45, 2.75) is 12.8 Å². The Morgan fingerprint density at radius 3 is 2.44 bits per heavy atom. The number of amides is 1. The van der Waals surface area contributed by atoms with Crippen molar-refractivity contribution < 1.29 is 14.3 Å². The van der Waals surface area contributed by atoms with E-state index in [1.54, 1.807) is 0 Å². The average Bonchev–Trinajstić information content (AvgIpc) is 3.32. The van der Waals surface area contributed by atoms with E-state index in [0.717, 1.165) is 58.0 Å². The summed E-state index contributed by atoms with van der Waals surface area (Å²) in [5.41, 5.74) is 3.63. The fraction of sp³-hybridized carbons (Fsp3) is 0.286. The Kier molecular flexibility index (Phi) is 6.39. The molecule has 2 aliphatic heterocycles. The van der Waals surface area contributed by atoms with E-state index in [-0.39, 0.29) is 5.91 Å². The second kappa shape index (κ2) is 9.82. The Bertz CT molecular complexity index is 1390. The molecule has 1 aromatic heterocycles. The number of benzene rings is 3. The molecule has 0 unspecified atom stereocenters. The fourth-order valence-corrected chi connectivity index (χ4v) is 6.41. The van der Waals surface area contributed by atoms with Crippen LogP contribution < -0.4 is 9.64 Å². The van der Waals surface area contributed by atoms with Gasteiger partial charge in [-0.25, -0.2) is 4.98 Å². The summed E-state index contributed by atoms with van der Waals surface area (Å²) in [6.45, 7) is 6.44.